The van der Waals surface area contributed by atoms with Gasteiger partial charge in [0.2, 0.25) is 8.32 Å². The highest BCUT2D eigenvalue weighted by molar-refractivity contribution is 9.09. The van der Waals surface area contributed by atoms with Crippen molar-refractivity contribution in [3.63, 3.8) is 0 Å². The summed E-state index contributed by atoms with van der Waals surface area (Å²) in [6, 6.07) is 0. The van der Waals surface area contributed by atoms with Crippen LogP contribution in [0.15, 0.2) is 11.3 Å². The molecule has 0 aliphatic carbocycles. The number of hydrogen-bond donors (Lipinski definition) is 0. The molecular formula is C6H11BrOSi. The highest BCUT2D eigenvalue weighted by atomic mass is 79.9. The lowest BCUT2D eigenvalue weighted by Crippen LogP contribution is -2.29. The van der Waals surface area contributed by atoms with E-state index < -0.39 is 8.32 Å². The lowest BCUT2D eigenvalue weighted by Gasteiger charge is -2.16. The van der Waals surface area contributed by atoms with E-state index in [0.29, 0.717) is 0 Å². The molecule has 0 unspecified atom stereocenters. The minimum absolute atomic E-state index is 0.833. The Balaban J connectivity index is 2.69. The first-order chi connectivity index (χ1) is 4.17. The first kappa shape index (κ1) is 7.50. The third-order valence-corrected chi connectivity index (χ3v) is 5.63. The number of halogens is 1. The fourth-order valence-corrected chi connectivity index (χ4v) is 4.74. The van der Waals surface area contributed by atoms with Crippen LogP contribution in [-0.2, 0) is 4.43 Å². The van der Waals surface area contributed by atoms with E-state index in [1.54, 1.807) is 0 Å². The van der Waals surface area contributed by atoms with E-state index in [1.165, 1.54) is 5.20 Å². The molecule has 52 valence electrons. The Labute approximate surface area is 65.4 Å². The van der Waals surface area contributed by atoms with Gasteiger partial charge in [-0.05, 0) is 18.3 Å². The van der Waals surface area contributed by atoms with Crippen molar-refractivity contribution < 1.29 is 4.43 Å². The van der Waals surface area contributed by atoms with Crippen LogP contribution in [0.3, 0.4) is 0 Å². The van der Waals surface area contributed by atoms with Gasteiger partial charge in [0, 0.05) is 5.33 Å². The molecule has 0 saturated carbocycles. The minimum Gasteiger partial charge on any atom is -0.410 e. The summed E-state index contributed by atoms with van der Waals surface area (Å²) < 4.78 is 5.56. The number of alkyl halides is 1. The molecule has 1 heterocycles. The summed E-state index contributed by atoms with van der Waals surface area (Å²) in [4.78, 5) is 0. The van der Waals surface area contributed by atoms with Gasteiger partial charge >= 0.3 is 0 Å². The predicted molar refractivity (Wildman–Crippen MR) is 45.3 cm³/mol. The summed E-state index contributed by atoms with van der Waals surface area (Å²) in [5.74, 6) is 0. The van der Waals surface area contributed by atoms with Gasteiger partial charge in [0.1, 0.15) is 0 Å². The fraction of sp³-hybridized carbons (Fsp3) is 0.667. The first-order valence-corrected chi connectivity index (χ1v) is 7.09. The van der Waals surface area contributed by atoms with Gasteiger partial charge in [0.25, 0.3) is 0 Å². The SMILES string of the molecule is C[Si]1(C)OCC=C1CBr. The molecule has 1 aliphatic heterocycles. The van der Waals surface area contributed by atoms with E-state index in [9.17, 15) is 0 Å². The molecule has 0 atom stereocenters. The zero-order chi connectivity index (χ0) is 6.91. The van der Waals surface area contributed by atoms with Gasteiger partial charge in [-0.3, -0.25) is 0 Å². The smallest absolute Gasteiger partial charge is 0.215 e. The molecule has 0 bridgehead atoms. The second-order valence-electron chi connectivity index (χ2n) is 2.68. The molecule has 3 heteroatoms. The van der Waals surface area contributed by atoms with Crippen molar-refractivity contribution >= 4 is 24.2 Å². The van der Waals surface area contributed by atoms with Crippen molar-refractivity contribution in [3.8, 4) is 0 Å². The number of rotatable bonds is 1. The molecule has 9 heavy (non-hydrogen) atoms. The molecule has 0 aromatic rings. The summed E-state index contributed by atoms with van der Waals surface area (Å²) in [6.45, 7) is 5.29. The Bertz CT molecular complexity index is 142. The molecule has 0 spiro atoms. The Kier molecular flexibility index (Phi) is 2.13. The normalized spacial score (nSPS) is 24.1. The van der Waals surface area contributed by atoms with Crippen LogP contribution in [0.4, 0.5) is 0 Å². The summed E-state index contributed by atoms with van der Waals surface area (Å²) in [5, 5.41) is 2.48. The zero-order valence-electron chi connectivity index (χ0n) is 5.78. The summed E-state index contributed by atoms with van der Waals surface area (Å²) in [7, 11) is -1.36. The third-order valence-electron chi connectivity index (χ3n) is 1.69. The molecule has 0 saturated heterocycles. The Morgan fingerprint density at radius 3 is 2.67 bits per heavy atom. The van der Waals surface area contributed by atoms with Crippen LogP contribution < -0.4 is 0 Å². The second-order valence-corrected chi connectivity index (χ2v) is 7.20. The van der Waals surface area contributed by atoms with E-state index in [1.807, 2.05) is 0 Å². The van der Waals surface area contributed by atoms with Crippen LogP contribution in [0.1, 0.15) is 0 Å². The monoisotopic (exact) mass is 206 g/mol. The van der Waals surface area contributed by atoms with Gasteiger partial charge in [-0.15, -0.1) is 0 Å². The van der Waals surface area contributed by atoms with Crippen molar-refractivity contribution in [2.45, 2.75) is 13.1 Å². The van der Waals surface area contributed by atoms with Crippen LogP contribution >= 0.6 is 15.9 Å². The highest BCUT2D eigenvalue weighted by Crippen LogP contribution is 2.23. The quantitative estimate of drug-likeness (QED) is 0.472. The van der Waals surface area contributed by atoms with Gasteiger partial charge in [-0.25, -0.2) is 0 Å². The van der Waals surface area contributed by atoms with E-state index in [2.05, 4.69) is 35.1 Å². The summed E-state index contributed by atoms with van der Waals surface area (Å²) in [6.07, 6.45) is 2.20. The van der Waals surface area contributed by atoms with E-state index >= 15 is 0 Å². The van der Waals surface area contributed by atoms with Crippen molar-refractivity contribution in [2.24, 2.45) is 0 Å². The standard InChI is InChI=1S/C6H11BrOSi/c1-9(2)6(5-7)3-4-8-9/h3H,4-5H2,1-2H3. The van der Waals surface area contributed by atoms with Crippen molar-refractivity contribution in [1.82, 2.24) is 0 Å². The molecule has 0 fully saturated rings. The van der Waals surface area contributed by atoms with E-state index in [4.69, 9.17) is 4.43 Å². The van der Waals surface area contributed by atoms with Crippen molar-refractivity contribution in [3.05, 3.63) is 11.3 Å². The van der Waals surface area contributed by atoms with E-state index in [0.717, 1.165) is 11.9 Å². The average molecular weight is 207 g/mol. The van der Waals surface area contributed by atoms with Gasteiger partial charge in [-0.1, -0.05) is 22.0 Å². The fourth-order valence-electron chi connectivity index (χ4n) is 0.905. The molecule has 0 aromatic heterocycles. The van der Waals surface area contributed by atoms with Crippen LogP contribution in [0, 0.1) is 0 Å². The highest BCUT2D eigenvalue weighted by Gasteiger charge is 2.30. The molecule has 0 aromatic carbocycles. The van der Waals surface area contributed by atoms with Gasteiger partial charge < -0.3 is 4.43 Å². The molecule has 0 amide bonds. The zero-order valence-corrected chi connectivity index (χ0v) is 8.36. The maximum atomic E-state index is 5.56. The lowest BCUT2D eigenvalue weighted by atomic mass is 10.5. The molecule has 1 nitrogen and oxygen atoms in total. The molecular weight excluding hydrogens is 196 g/mol. The topological polar surface area (TPSA) is 9.23 Å². The molecule has 0 N–H and O–H groups in total. The summed E-state index contributed by atoms with van der Waals surface area (Å²) in [5.41, 5.74) is 0. The molecule has 0 radical (unpaired) electrons. The van der Waals surface area contributed by atoms with Crippen LogP contribution in [0.2, 0.25) is 13.1 Å². The van der Waals surface area contributed by atoms with Crippen LogP contribution in [0.25, 0.3) is 0 Å². The van der Waals surface area contributed by atoms with Gasteiger partial charge in [-0.2, -0.15) is 0 Å². The predicted octanol–water partition coefficient (Wildman–Crippen LogP) is 2.08. The van der Waals surface area contributed by atoms with Crippen LogP contribution in [-0.4, -0.2) is 20.3 Å². The van der Waals surface area contributed by atoms with Crippen molar-refractivity contribution in [1.29, 1.82) is 0 Å². The summed E-state index contributed by atoms with van der Waals surface area (Å²) >= 11 is 3.44. The van der Waals surface area contributed by atoms with Crippen LogP contribution in [0.5, 0.6) is 0 Å². The average Bonchev–Trinajstić information content (AvgIpc) is 2.08. The van der Waals surface area contributed by atoms with Crippen molar-refractivity contribution in [2.75, 3.05) is 11.9 Å². The van der Waals surface area contributed by atoms with E-state index in [-0.39, 0.29) is 0 Å². The third kappa shape index (κ3) is 1.45. The largest absolute Gasteiger partial charge is 0.410 e. The maximum absolute atomic E-state index is 5.56. The maximum Gasteiger partial charge on any atom is 0.215 e. The Morgan fingerprint density at radius 2 is 2.44 bits per heavy atom. The minimum atomic E-state index is -1.36. The molecule has 1 rings (SSSR count). The lowest BCUT2D eigenvalue weighted by molar-refractivity contribution is 0.374. The first-order valence-electron chi connectivity index (χ1n) is 3.06. The van der Waals surface area contributed by atoms with Gasteiger partial charge in [0.05, 0.1) is 6.61 Å². The molecule has 1 aliphatic rings. The van der Waals surface area contributed by atoms with Gasteiger partial charge in [0.15, 0.2) is 0 Å². The Hall–Kier alpha value is 0.397. The second kappa shape index (κ2) is 2.56. The number of hydrogen-bond acceptors (Lipinski definition) is 1. The Morgan fingerprint density at radius 1 is 1.78 bits per heavy atom. The number of allylic oxidation sites excluding steroid dienone is 1.